The van der Waals surface area contributed by atoms with Crippen LogP contribution in [0, 0.1) is 0 Å². The lowest BCUT2D eigenvalue weighted by molar-refractivity contribution is 0.595. The van der Waals surface area contributed by atoms with Crippen molar-refractivity contribution in [2.24, 2.45) is 0 Å². The highest BCUT2D eigenvalue weighted by Crippen LogP contribution is 2.18. The van der Waals surface area contributed by atoms with Crippen molar-refractivity contribution < 1.29 is 16.8 Å². The number of sulfonamides is 1. The van der Waals surface area contributed by atoms with Crippen LogP contribution in [-0.4, -0.2) is 41.4 Å². The van der Waals surface area contributed by atoms with Gasteiger partial charge >= 0.3 is 0 Å². The van der Waals surface area contributed by atoms with Gasteiger partial charge < -0.3 is 5.32 Å². The van der Waals surface area contributed by atoms with Crippen molar-refractivity contribution in [1.82, 2.24) is 5.32 Å². The third-order valence-corrected chi connectivity index (χ3v) is 5.35. The van der Waals surface area contributed by atoms with Gasteiger partial charge in [0.2, 0.25) is 10.0 Å². The molecule has 1 saturated carbocycles. The molecule has 0 radical (unpaired) electrons. The Balaban J connectivity index is 1.94. The van der Waals surface area contributed by atoms with E-state index in [2.05, 4.69) is 10.0 Å². The lowest BCUT2D eigenvalue weighted by atomic mass is 10.3. The summed E-state index contributed by atoms with van der Waals surface area (Å²) in [5, 5.41) is 3.13. The highest BCUT2D eigenvalue weighted by molar-refractivity contribution is 7.92. The first kappa shape index (κ1) is 15.3. The third-order valence-electron chi connectivity index (χ3n) is 2.94. The van der Waals surface area contributed by atoms with E-state index < -0.39 is 19.9 Å². The second-order valence-electron chi connectivity index (χ2n) is 4.95. The van der Waals surface area contributed by atoms with Gasteiger partial charge in [-0.2, -0.15) is 0 Å². The van der Waals surface area contributed by atoms with Gasteiger partial charge in [0, 0.05) is 24.5 Å². The molecule has 0 bridgehead atoms. The van der Waals surface area contributed by atoms with Crippen molar-refractivity contribution in [3.63, 3.8) is 0 Å². The molecule has 1 aliphatic carbocycles. The van der Waals surface area contributed by atoms with Crippen LogP contribution in [0.1, 0.15) is 12.8 Å². The Morgan fingerprint density at radius 2 is 1.70 bits per heavy atom. The highest BCUT2D eigenvalue weighted by Gasteiger charge is 2.21. The molecule has 1 aromatic carbocycles. The molecule has 1 fully saturated rings. The summed E-state index contributed by atoms with van der Waals surface area (Å²) in [5.41, 5.74) is 0.365. The van der Waals surface area contributed by atoms with E-state index in [1.165, 1.54) is 24.3 Å². The standard InChI is InChI=1S/C12H18N2O4S2/c1-19(15,16)12-6-4-11(5-7-12)14-20(17,18)9-8-13-10-2-3-10/h4-7,10,13-14H,2-3,8-9H2,1H3. The zero-order valence-corrected chi connectivity index (χ0v) is 12.8. The normalized spacial score (nSPS) is 16.1. The Kier molecular flexibility index (Phi) is 4.36. The molecule has 1 aliphatic rings. The predicted octanol–water partition coefficient (Wildman–Crippen LogP) is 0.584. The number of sulfone groups is 1. The van der Waals surface area contributed by atoms with Crippen LogP contribution in [0.15, 0.2) is 29.2 Å². The molecular weight excluding hydrogens is 300 g/mol. The summed E-state index contributed by atoms with van der Waals surface area (Å²) in [6.45, 7) is 0.418. The molecule has 0 saturated heterocycles. The van der Waals surface area contributed by atoms with E-state index in [1.54, 1.807) is 0 Å². The van der Waals surface area contributed by atoms with Gasteiger partial charge in [0.15, 0.2) is 9.84 Å². The van der Waals surface area contributed by atoms with Crippen LogP contribution < -0.4 is 10.0 Å². The minimum atomic E-state index is -3.41. The maximum atomic E-state index is 11.8. The molecule has 1 aromatic rings. The first-order chi connectivity index (χ1) is 9.26. The van der Waals surface area contributed by atoms with E-state index in [-0.39, 0.29) is 10.6 Å². The van der Waals surface area contributed by atoms with E-state index in [1.807, 2.05) is 0 Å². The lowest BCUT2D eigenvalue weighted by Gasteiger charge is -2.09. The summed E-state index contributed by atoms with van der Waals surface area (Å²) < 4.78 is 48.6. The molecule has 0 unspecified atom stereocenters. The van der Waals surface area contributed by atoms with Crippen LogP contribution in [0.3, 0.4) is 0 Å². The zero-order chi connectivity index (χ0) is 14.8. The zero-order valence-electron chi connectivity index (χ0n) is 11.2. The van der Waals surface area contributed by atoms with Crippen LogP contribution in [0.2, 0.25) is 0 Å². The van der Waals surface area contributed by atoms with E-state index in [0.717, 1.165) is 19.1 Å². The quantitative estimate of drug-likeness (QED) is 0.767. The Morgan fingerprint density at radius 1 is 1.10 bits per heavy atom. The smallest absolute Gasteiger partial charge is 0.233 e. The summed E-state index contributed by atoms with van der Waals surface area (Å²) in [6, 6.07) is 6.13. The molecule has 6 nitrogen and oxygen atoms in total. The average Bonchev–Trinajstić information content (AvgIpc) is 3.11. The minimum absolute atomic E-state index is 0.00265. The number of rotatable bonds is 7. The number of hydrogen-bond donors (Lipinski definition) is 2. The average molecular weight is 318 g/mol. The van der Waals surface area contributed by atoms with Crippen LogP contribution >= 0.6 is 0 Å². The van der Waals surface area contributed by atoms with Crippen molar-refractivity contribution in [2.45, 2.75) is 23.8 Å². The fourth-order valence-corrected chi connectivity index (χ4v) is 3.30. The first-order valence-corrected chi connectivity index (χ1v) is 9.85. The molecule has 0 aliphatic heterocycles. The molecule has 8 heteroatoms. The van der Waals surface area contributed by atoms with Gasteiger partial charge in [-0.15, -0.1) is 0 Å². The molecule has 112 valence electrons. The van der Waals surface area contributed by atoms with Crippen molar-refractivity contribution in [3.05, 3.63) is 24.3 Å². The highest BCUT2D eigenvalue weighted by atomic mass is 32.2. The number of hydrogen-bond acceptors (Lipinski definition) is 5. The Bertz CT molecular complexity index is 662. The summed E-state index contributed by atoms with van der Waals surface area (Å²) in [4.78, 5) is 0.163. The molecule has 20 heavy (non-hydrogen) atoms. The second-order valence-corrected chi connectivity index (χ2v) is 8.80. The van der Waals surface area contributed by atoms with Crippen LogP contribution in [0.4, 0.5) is 5.69 Å². The maximum absolute atomic E-state index is 11.8. The van der Waals surface area contributed by atoms with Gasteiger partial charge in [0.1, 0.15) is 0 Å². The second kappa shape index (κ2) is 5.71. The van der Waals surface area contributed by atoms with Crippen molar-refractivity contribution in [2.75, 3.05) is 23.3 Å². The van der Waals surface area contributed by atoms with E-state index >= 15 is 0 Å². The third kappa shape index (κ3) is 4.77. The fourth-order valence-electron chi connectivity index (χ4n) is 1.69. The van der Waals surface area contributed by atoms with E-state index in [9.17, 15) is 16.8 Å². The predicted molar refractivity (Wildman–Crippen MR) is 78.0 cm³/mol. The molecule has 0 spiro atoms. The number of anilines is 1. The van der Waals surface area contributed by atoms with E-state index in [4.69, 9.17) is 0 Å². The first-order valence-electron chi connectivity index (χ1n) is 6.30. The van der Waals surface area contributed by atoms with Crippen LogP contribution in [0.5, 0.6) is 0 Å². The summed E-state index contributed by atoms with van der Waals surface area (Å²) in [7, 11) is -6.68. The molecule has 0 atom stereocenters. The molecular formula is C12H18N2O4S2. The number of nitrogens with one attached hydrogen (secondary N) is 2. The van der Waals surface area contributed by atoms with Crippen molar-refractivity contribution in [3.8, 4) is 0 Å². The summed E-state index contributed by atoms with van der Waals surface area (Å²) in [6.07, 6.45) is 3.33. The minimum Gasteiger partial charge on any atom is -0.313 e. The van der Waals surface area contributed by atoms with Gasteiger partial charge in [-0.3, -0.25) is 4.72 Å². The maximum Gasteiger partial charge on any atom is 0.233 e. The van der Waals surface area contributed by atoms with Crippen LogP contribution in [-0.2, 0) is 19.9 Å². The van der Waals surface area contributed by atoms with Gasteiger partial charge in [-0.05, 0) is 37.1 Å². The SMILES string of the molecule is CS(=O)(=O)c1ccc(NS(=O)(=O)CCNC2CC2)cc1. The molecule has 2 N–H and O–H groups in total. The van der Waals surface area contributed by atoms with Gasteiger partial charge in [-0.25, -0.2) is 16.8 Å². The monoisotopic (exact) mass is 318 g/mol. The Morgan fingerprint density at radius 3 is 2.20 bits per heavy atom. The fraction of sp³-hybridized carbons (Fsp3) is 0.500. The molecule has 0 amide bonds. The largest absolute Gasteiger partial charge is 0.313 e. The Hall–Kier alpha value is -1.12. The van der Waals surface area contributed by atoms with Gasteiger partial charge in [0.25, 0.3) is 0 Å². The topological polar surface area (TPSA) is 92.3 Å². The molecule has 2 rings (SSSR count). The number of benzene rings is 1. The van der Waals surface area contributed by atoms with Gasteiger partial charge in [-0.1, -0.05) is 0 Å². The molecule has 0 aromatic heterocycles. The van der Waals surface area contributed by atoms with Crippen LogP contribution in [0.25, 0.3) is 0 Å². The van der Waals surface area contributed by atoms with E-state index in [0.29, 0.717) is 18.3 Å². The molecule has 0 heterocycles. The summed E-state index contributed by atoms with van der Waals surface area (Å²) in [5.74, 6) is -0.00265. The van der Waals surface area contributed by atoms with Crippen molar-refractivity contribution >= 4 is 25.5 Å². The van der Waals surface area contributed by atoms with Crippen molar-refractivity contribution in [1.29, 1.82) is 0 Å². The lowest BCUT2D eigenvalue weighted by Crippen LogP contribution is -2.27. The van der Waals surface area contributed by atoms with Gasteiger partial charge in [0.05, 0.1) is 10.6 Å². The summed E-state index contributed by atoms with van der Waals surface area (Å²) >= 11 is 0. The Labute approximate surface area is 119 Å².